The van der Waals surface area contributed by atoms with Gasteiger partial charge in [0.15, 0.2) is 5.96 Å². The fraction of sp³-hybridized carbons (Fsp3) is 0.692. The molecule has 2 N–H and O–H groups in total. The van der Waals surface area contributed by atoms with E-state index in [1.54, 1.807) is 23.1 Å². The minimum absolute atomic E-state index is 0. The number of aliphatic hydroxyl groups is 1. The number of aliphatic hydroxyl groups excluding tert-OH is 1. The number of hydrogen-bond acceptors (Lipinski definition) is 5. The predicted octanol–water partition coefficient (Wildman–Crippen LogP) is 2.28. The molecule has 21 heavy (non-hydrogen) atoms. The summed E-state index contributed by atoms with van der Waals surface area (Å²) in [5.74, 6) is 1.97. The van der Waals surface area contributed by atoms with Crippen LogP contribution < -0.4 is 5.32 Å². The number of aromatic nitrogens is 1. The zero-order chi connectivity index (χ0) is 14.2. The molecule has 0 radical (unpaired) electrons. The number of likely N-dealkylation sites (tertiary alicyclic amines) is 1. The van der Waals surface area contributed by atoms with Crippen molar-refractivity contribution in [3.05, 3.63) is 11.6 Å². The van der Waals surface area contributed by atoms with Gasteiger partial charge in [0.2, 0.25) is 0 Å². The van der Waals surface area contributed by atoms with Crippen LogP contribution in [0.3, 0.4) is 0 Å². The second-order valence-corrected chi connectivity index (χ2v) is 6.86. The van der Waals surface area contributed by atoms with Gasteiger partial charge in [-0.3, -0.25) is 4.99 Å². The third kappa shape index (κ3) is 6.70. The van der Waals surface area contributed by atoms with Gasteiger partial charge >= 0.3 is 0 Å². The number of β-amino-alcohol motifs (C(OH)–C–C–N with tert-alkyl or cyclic N) is 1. The van der Waals surface area contributed by atoms with Crippen LogP contribution in [0.1, 0.15) is 19.8 Å². The topological polar surface area (TPSA) is 60.8 Å². The van der Waals surface area contributed by atoms with Crippen molar-refractivity contribution in [2.24, 2.45) is 4.99 Å². The Balaban J connectivity index is 0.00000220. The molecule has 1 aromatic heterocycles. The summed E-state index contributed by atoms with van der Waals surface area (Å²) in [6.07, 6.45) is 3.51. The van der Waals surface area contributed by atoms with Gasteiger partial charge in [0.05, 0.1) is 6.10 Å². The van der Waals surface area contributed by atoms with Crippen molar-refractivity contribution in [1.29, 1.82) is 0 Å². The highest BCUT2D eigenvalue weighted by Crippen LogP contribution is 2.20. The minimum Gasteiger partial charge on any atom is -0.391 e. The average molecular weight is 442 g/mol. The fourth-order valence-corrected chi connectivity index (χ4v) is 3.68. The van der Waals surface area contributed by atoms with Gasteiger partial charge in [-0.05, 0) is 19.8 Å². The molecule has 1 aromatic rings. The summed E-state index contributed by atoms with van der Waals surface area (Å²) in [5.41, 5.74) is 0. The standard InChI is InChI=1S/C13H22N4OS2.HI/c1-2-14-12(17-7-4-11(18)10-17)15-5-3-8-19-13-16-6-9-20-13;/h6,9,11,18H,2-5,7-8,10H2,1H3,(H,14,15);1H/t11-;/m1./s1. The van der Waals surface area contributed by atoms with Crippen LogP contribution in [0.5, 0.6) is 0 Å². The third-order valence-corrected chi connectivity index (χ3v) is 5.05. The average Bonchev–Trinajstić information content (AvgIpc) is 3.08. The van der Waals surface area contributed by atoms with E-state index >= 15 is 0 Å². The maximum absolute atomic E-state index is 9.60. The van der Waals surface area contributed by atoms with Crippen molar-refractivity contribution in [2.45, 2.75) is 30.2 Å². The molecule has 5 nitrogen and oxygen atoms in total. The van der Waals surface area contributed by atoms with Crippen LogP contribution in [0.25, 0.3) is 0 Å². The van der Waals surface area contributed by atoms with Crippen molar-refractivity contribution < 1.29 is 5.11 Å². The molecule has 1 atom stereocenters. The maximum atomic E-state index is 9.60. The summed E-state index contributed by atoms with van der Waals surface area (Å²) in [7, 11) is 0. The summed E-state index contributed by atoms with van der Waals surface area (Å²) in [6.45, 7) is 5.33. The molecule has 0 saturated carbocycles. The van der Waals surface area contributed by atoms with E-state index in [1.165, 1.54) is 0 Å². The lowest BCUT2D eigenvalue weighted by atomic mass is 10.3. The quantitative estimate of drug-likeness (QED) is 0.233. The van der Waals surface area contributed by atoms with E-state index in [2.05, 4.69) is 27.1 Å². The van der Waals surface area contributed by atoms with E-state index in [9.17, 15) is 5.11 Å². The Hall–Kier alpha value is -0.0600. The van der Waals surface area contributed by atoms with Gasteiger partial charge in [0, 0.05) is 43.5 Å². The summed E-state index contributed by atoms with van der Waals surface area (Å²) >= 11 is 3.47. The number of hydrogen-bond donors (Lipinski definition) is 2. The summed E-state index contributed by atoms with van der Waals surface area (Å²) in [6, 6.07) is 0. The van der Waals surface area contributed by atoms with Crippen LogP contribution in [0.4, 0.5) is 0 Å². The number of guanidine groups is 1. The Morgan fingerprint density at radius 3 is 3.14 bits per heavy atom. The molecule has 8 heteroatoms. The van der Waals surface area contributed by atoms with Gasteiger partial charge in [-0.15, -0.1) is 35.3 Å². The molecule has 0 amide bonds. The van der Waals surface area contributed by atoms with Gasteiger partial charge in [0.1, 0.15) is 4.34 Å². The van der Waals surface area contributed by atoms with Gasteiger partial charge < -0.3 is 15.3 Å². The first-order valence-corrected chi connectivity index (χ1v) is 8.89. The Labute approximate surface area is 151 Å². The molecule has 0 bridgehead atoms. The molecule has 0 spiro atoms. The summed E-state index contributed by atoms with van der Waals surface area (Å²) in [5, 5.41) is 14.9. The summed E-state index contributed by atoms with van der Waals surface area (Å²) < 4.78 is 1.13. The van der Waals surface area contributed by atoms with Crippen LogP contribution in [0, 0.1) is 0 Å². The molecule has 1 fully saturated rings. The normalized spacial score (nSPS) is 18.7. The largest absolute Gasteiger partial charge is 0.391 e. The predicted molar refractivity (Wildman–Crippen MR) is 101 cm³/mol. The van der Waals surface area contributed by atoms with Crippen LogP contribution in [0.15, 0.2) is 20.9 Å². The van der Waals surface area contributed by atoms with Crippen molar-refractivity contribution >= 4 is 53.0 Å². The molecule has 0 unspecified atom stereocenters. The Morgan fingerprint density at radius 1 is 1.67 bits per heavy atom. The Morgan fingerprint density at radius 2 is 2.52 bits per heavy atom. The van der Waals surface area contributed by atoms with Crippen molar-refractivity contribution in [2.75, 3.05) is 31.9 Å². The van der Waals surface area contributed by atoms with E-state index in [-0.39, 0.29) is 30.1 Å². The molecule has 0 aliphatic carbocycles. The number of halogens is 1. The molecular weight excluding hydrogens is 419 g/mol. The number of aliphatic imine (C=N–C) groups is 1. The second-order valence-electron chi connectivity index (χ2n) is 4.62. The lowest BCUT2D eigenvalue weighted by Gasteiger charge is -2.20. The van der Waals surface area contributed by atoms with Crippen LogP contribution >= 0.6 is 47.1 Å². The number of nitrogens with zero attached hydrogens (tertiary/aromatic N) is 3. The third-order valence-electron chi connectivity index (χ3n) is 3.00. The molecule has 2 heterocycles. The summed E-state index contributed by atoms with van der Waals surface area (Å²) in [4.78, 5) is 11.0. The zero-order valence-electron chi connectivity index (χ0n) is 12.2. The van der Waals surface area contributed by atoms with Crippen LogP contribution in [0.2, 0.25) is 0 Å². The monoisotopic (exact) mass is 442 g/mol. The lowest BCUT2D eigenvalue weighted by Crippen LogP contribution is -2.40. The smallest absolute Gasteiger partial charge is 0.194 e. The number of thioether (sulfide) groups is 1. The number of nitrogens with one attached hydrogen (secondary N) is 1. The first-order chi connectivity index (χ1) is 9.79. The molecule has 1 aliphatic heterocycles. The van der Waals surface area contributed by atoms with Crippen molar-refractivity contribution in [3.63, 3.8) is 0 Å². The molecule has 1 saturated heterocycles. The first kappa shape index (κ1) is 19.0. The highest BCUT2D eigenvalue weighted by atomic mass is 127. The van der Waals surface area contributed by atoms with E-state index < -0.39 is 0 Å². The van der Waals surface area contributed by atoms with Gasteiger partial charge in [-0.1, -0.05) is 11.8 Å². The van der Waals surface area contributed by atoms with E-state index in [0.29, 0.717) is 6.54 Å². The molecular formula is C13H23IN4OS2. The Kier molecular flexibility index (Phi) is 9.61. The fourth-order valence-electron chi connectivity index (χ4n) is 2.05. The first-order valence-electron chi connectivity index (χ1n) is 7.03. The second kappa shape index (κ2) is 10.6. The highest BCUT2D eigenvalue weighted by molar-refractivity contribution is 14.0. The van der Waals surface area contributed by atoms with Crippen LogP contribution in [-0.4, -0.2) is 59.0 Å². The Bertz CT molecular complexity index is 416. The molecule has 0 aromatic carbocycles. The minimum atomic E-state index is -0.209. The van der Waals surface area contributed by atoms with E-state index in [4.69, 9.17) is 0 Å². The van der Waals surface area contributed by atoms with Crippen molar-refractivity contribution in [3.8, 4) is 0 Å². The molecule has 1 aliphatic rings. The van der Waals surface area contributed by atoms with Gasteiger partial charge in [-0.25, -0.2) is 4.98 Å². The maximum Gasteiger partial charge on any atom is 0.194 e. The molecule has 2 rings (SSSR count). The van der Waals surface area contributed by atoms with E-state index in [0.717, 1.165) is 48.5 Å². The number of rotatable bonds is 6. The van der Waals surface area contributed by atoms with Gasteiger partial charge in [-0.2, -0.15) is 0 Å². The zero-order valence-corrected chi connectivity index (χ0v) is 16.2. The van der Waals surface area contributed by atoms with Gasteiger partial charge in [0.25, 0.3) is 0 Å². The van der Waals surface area contributed by atoms with Crippen molar-refractivity contribution in [1.82, 2.24) is 15.2 Å². The van der Waals surface area contributed by atoms with E-state index in [1.807, 2.05) is 11.6 Å². The SMILES string of the molecule is CCNC(=NCCCSc1nccs1)N1CC[C@@H](O)C1.I. The number of thiazole rings is 1. The molecule has 120 valence electrons. The van der Waals surface area contributed by atoms with Crippen LogP contribution in [-0.2, 0) is 0 Å². The lowest BCUT2D eigenvalue weighted by molar-refractivity contribution is 0.188. The highest BCUT2D eigenvalue weighted by Gasteiger charge is 2.22.